The van der Waals surface area contributed by atoms with E-state index in [2.05, 4.69) is 137 Å². The lowest BCUT2D eigenvalue weighted by Crippen LogP contribution is -2.30. The highest BCUT2D eigenvalue weighted by Crippen LogP contribution is 2.45. The Kier molecular flexibility index (Phi) is 63.8. The number of esters is 4. The number of ether oxygens (including phenoxy) is 4. The van der Waals surface area contributed by atoms with Crippen molar-refractivity contribution in [2.75, 3.05) is 39.6 Å². The maximum Gasteiger partial charge on any atom is 0.472 e. The van der Waals surface area contributed by atoms with Crippen LogP contribution in [0.2, 0.25) is 0 Å². The summed E-state index contributed by atoms with van der Waals surface area (Å²) in [6, 6.07) is 0. The number of allylic oxidation sites excluding steroid dienone is 20. The third-order valence-corrected chi connectivity index (χ3v) is 16.3. The molecular formula is C75H126O17P2. The lowest BCUT2D eigenvalue weighted by Gasteiger charge is -2.21. The third-order valence-electron chi connectivity index (χ3n) is 14.4. The molecular weight excluding hydrogens is 1230 g/mol. The van der Waals surface area contributed by atoms with Gasteiger partial charge in [-0.1, -0.05) is 246 Å². The predicted molar refractivity (Wildman–Crippen MR) is 381 cm³/mol. The first-order valence-electron chi connectivity index (χ1n) is 35.8. The molecule has 0 aromatic carbocycles. The van der Waals surface area contributed by atoms with Gasteiger partial charge in [0.25, 0.3) is 0 Å². The van der Waals surface area contributed by atoms with E-state index in [1.54, 1.807) is 0 Å². The minimum atomic E-state index is -4.98. The van der Waals surface area contributed by atoms with Gasteiger partial charge < -0.3 is 33.8 Å². The topological polar surface area (TPSA) is 237 Å². The maximum atomic E-state index is 13.0. The van der Waals surface area contributed by atoms with Gasteiger partial charge >= 0.3 is 39.5 Å². The van der Waals surface area contributed by atoms with Crippen LogP contribution < -0.4 is 0 Å². The molecule has 0 fully saturated rings. The van der Waals surface area contributed by atoms with Crippen molar-refractivity contribution in [3.63, 3.8) is 0 Å². The monoisotopic (exact) mass is 1360 g/mol. The van der Waals surface area contributed by atoms with E-state index in [1.165, 1.54) is 51.4 Å². The molecule has 0 aromatic rings. The summed E-state index contributed by atoms with van der Waals surface area (Å²) in [6.07, 6.45) is 70.9. The van der Waals surface area contributed by atoms with Gasteiger partial charge in [-0.05, 0) is 122 Å². The summed E-state index contributed by atoms with van der Waals surface area (Å²) >= 11 is 0. The highest BCUT2D eigenvalue weighted by atomic mass is 31.2. The number of hydrogen-bond donors (Lipinski definition) is 3. The second-order valence-electron chi connectivity index (χ2n) is 23.4. The molecule has 17 nitrogen and oxygen atoms in total. The Bertz CT molecular complexity index is 2270. The van der Waals surface area contributed by atoms with Gasteiger partial charge in [-0.15, -0.1) is 0 Å². The number of phosphoric ester groups is 2. The molecule has 3 N–H and O–H groups in total. The second kappa shape index (κ2) is 67.0. The number of aliphatic hydroxyl groups excluding tert-OH is 1. The first-order valence-corrected chi connectivity index (χ1v) is 38.8. The van der Waals surface area contributed by atoms with Gasteiger partial charge in [0.1, 0.15) is 19.3 Å². The molecule has 0 aliphatic rings. The van der Waals surface area contributed by atoms with Crippen molar-refractivity contribution >= 4 is 39.5 Å². The Labute approximate surface area is 568 Å². The first kappa shape index (κ1) is 89.5. The standard InChI is InChI=1S/C75H126O17P2/c1-5-9-13-17-21-25-29-31-33-34-36-38-42-44-48-52-56-60-73(78)86-66-71(92-75(80)62-58-54-50-46-40-28-24-20-16-12-8-4)68-90-94(83,84)88-64-69(76)63-87-93(81,82)89-67-70(91-74(79)61-57-53-49-45-39-27-23-19-15-11-7-3)65-85-72(77)59-55-51-47-43-41-37-35-32-30-26-22-18-14-10-6-2/h9-10,13-14,19,21-23,25-26,31-33,35-36,38,41,43-44,48,69-71,76H,5-8,11-12,15-18,20,24,27-30,34,37,39-40,42,45-47,49-68H2,1-4H3,(H,81,82)(H,83,84)/b13-9-,14-10-,23-19-,25-21-,26-22-,33-31-,35-32-,38-36-,43-41-,48-44-. The number of aliphatic hydroxyl groups is 1. The lowest BCUT2D eigenvalue weighted by molar-refractivity contribution is -0.161. The fourth-order valence-corrected chi connectivity index (χ4v) is 10.6. The molecule has 0 saturated carbocycles. The molecule has 538 valence electrons. The normalized spacial score (nSPS) is 14.8. The summed E-state index contributed by atoms with van der Waals surface area (Å²) in [5, 5.41) is 10.6. The third kappa shape index (κ3) is 66.1. The summed E-state index contributed by atoms with van der Waals surface area (Å²) in [6.45, 7) is 4.45. The largest absolute Gasteiger partial charge is 0.472 e. The number of rotatable bonds is 66. The zero-order valence-electron chi connectivity index (χ0n) is 58.3. The Morgan fingerprint density at radius 2 is 0.574 bits per heavy atom. The van der Waals surface area contributed by atoms with Crippen LogP contribution in [0.15, 0.2) is 122 Å². The average Bonchev–Trinajstić information content (AvgIpc) is 1.32. The molecule has 0 radical (unpaired) electrons. The predicted octanol–water partition coefficient (Wildman–Crippen LogP) is 20.0. The van der Waals surface area contributed by atoms with Crippen molar-refractivity contribution in [3.8, 4) is 0 Å². The molecule has 0 rings (SSSR count). The van der Waals surface area contributed by atoms with Gasteiger partial charge in [0.2, 0.25) is 0 Å². The van der Waals surface area contributed by atoms with E-state index in [-0.39, 0.29) is 25.7 Å². The van der Waals surface area contributed by atoms with Crippen molar-refractivity contribution in [1.29, 1.82) is 0 Å². The van der Waals surface area contributed by atoms with E-state index in [9.17, 15) is 43.2 Å². The minimum Gasteiger partial charge on any atom is -0.462 e. The van der Waals surface area contributed by atoms with E-state index >= 15 is 0 Å². The van der Waals surface area contributed by atoms with E-state index in [4.69, 9.17) is 37.0 Å². The molecule has 0 aliphatic heterocycles. The fraction of sp³-hybridized carbons (Fsp3) is 0.680. The van der Waals surface area contributed by atoms with Crippen LogP contribution in [0, 0.1) is 0 Å². The summed E-state index contributed by atoms with van der Waals surface area (Å²) in [5.41, 5.74) is 0. The minimum absolute atomic E-state index is 0.0722. The zero-order chi connectivity index (χ0) is 69.0. The Hall–Kier alpha value is -4.54. The molecule has 0 aromatic heterocycles. The van der Waals surface area contributed by atoms with Gasteiger partial charge in [0.15, 0.2) is 12.2 Å². The van der Waals surface area contributed by atoms with Crippen LogP contribution in [0.25, 0.3) is 0 Å². The molecule has 5 atom stereocenters. The first-order chi connectivity index (χ1) is 45.7. The number of carbonyl (C=O) groups is 4. The molecule has 0 spiro atoms. The molecule has 0 saturated heterocycles. The van der Waals surface area contributed by atoms with Crippen LogP contribution >= 0.6 is 15.6 Å². The molecule has 0 bridgehead atoms. The number of carbonyl (C=O) groups excluding carboxylic acids is 4. The van der Waals surface area contributed by atoms with E-state index < -0.39 is 97.5 Å². The van der Waals surface area contributed by atoms with Crippen LogP contribution in [0.4, 0.5) is 0 Å². The van der Waals surface area contributed by atoms with Crippen molar-refractivity contribution in [2.24, 2.45) is 0 Å². The fourth-order valence-electron chi connectivity index (χ4n) is 8.99. The second-order valence-corrected chi connectivity index (χ2v) is 26.3. The van der Waals surface area contributed by atoms with Crippen LogP contribution in [-0.4, -0.2) is 96.7 Å². The Morgan fingerprint density at radius 3 is 0.957 bits per heavy atom. The Balaban J connectivity index is 5.38. The number of phosphoric acid groups is 2. The maximum absolute atomic E-state index is 13.0. The molecule has 5 unspecified atom stereocenters. The van der Waals surface area contributed by atoms with Crippen molar-refractivity contribution in [3.05, 3.63) is 122 Å². The van der Waals surface area contributed by atoms with Gasteiger partial charge in [-0.2, -0.15) is 0 Å². The zero-order valence-corrected chi connectivity index (χ0v) is 60.1. The highest BCUT2D eigenvalue weighted by Gasteiger charge is 2.30. The van der Waals surface area contributed by atoms with E-state index in [1.807, 2.05) is 12.2 Å². The Morgan fingerprint density at radius 1 is 0.309 bits per heavy atom. The summed E-state index contributed by atoms with van der Waals surface area (Å²) in [4.78, 5) is 72.5. The number of unbranched alkanes of at least 4 members (excludes halogenated alkanes) is 20. The van der Waals surface area contributed by atoms with Gasteiger partial charge in [0.05, 0.1) is 26.4 Å². The SMILES string of the molecule is CC/C=C\C/C=C\C/C=C\C/C=C\C/C=C\CCCC(=O)OCC(COP(=O)(O)OCC(O)COP(=O)(O)OCC(COC(=O)CCCC/C=C\C/C=C\C/C=C\C/C=C\CC)OC(=O)CCCCCCC/C=C\CCCC)OC(=O)CCCCCCCCCCCCC. The van der Waals surface area contributed by atoms with Crippen LogP contribution in [0.1, 0.15) is 272 Å². The van der Waals surface area contributed by atoms with Gasteiger partial charge in [-0.3, -0.25) is 37.3 Å². The van der Waals surface area contributed by atoms with Crippen LogP contribution in [0.5, 0.6) is 0 Å². The smallest absolute Gasteiger partial charge is 0.462 e. The molecule has 94 heavy (non-hydrogen) atoms. The molecule has 0 heterocycles. The van der Waals surface area contributed by atoms with Crippen LogP contribution in [0.3, 0.4) is 0 Å². The van der Waals surface area contributed by atoms with E-state index in [0.29, 0.717) is 32.1 Å². The van der Waals surface area contributed by atoms with Crippen molar-refractivity contribution in [1.82, 2.24) is 0 Å². The molecule has 0 amide bonds. The number of hydrogen-bond acceptors (Lipinski definition) is 15. The van der Waals surface area contributed by atoms with Crippen LogP contribution in [-0.2, 0) is 65.4 Å². The molecule has 0 aliphatic carbocycles. The van der Waals surface area contributed by atoms with E-state index in [0.717, 1.165) is 135 Å². The van der Waals surface area contributed by atoms with Crippen molar-refractivity contribution in [2.45, 2.75) is 290 Å². The van der Waals surface area contributed by atoms with Gasteiger partial charge in [-0.25, -0.2) is 9.13 Å². The quantitative estimate of drug-likeness (QED) is 0.0169. The van der Waals surface area contributed by atoms with Crippen molar-refractivity contribution < 1.29 is 80.2 Å². The van der Waals surface area contributed by atoms with Gasteiger partial charge in [0, 0.05) is 25.7 Å². The highest BCUT2D eigenvalue weighted by molar-refractivity contribution is 7.47. The molecule has 19 heteroatoms. The average molecular weight is 1360 g/mol. The summed E-state index contributed by atoms with van der Waals surface area (Å²) < 4.78 is 68.1. The summed E-state index contributed by atoms with van der Waals surface area (Å²) in [7, 11) is -9.96. The summed E-state index contributed by atoms with van der Waals surface area (Å²) in [5.74, 6) is -2.30. The lowest BCUT2D eigenvalue weighted by atomic mass is 10.1.